The lowest BCUT2D eigenvalue weighted by Crippen LogP contribution is -2.37. The van der Waals surface area contributed by atoms with Crippen LogP contribution in [0.5, 0.6) is 0 Å². The van der Waals surface area contributed by atoms with Crippen molar-refractivity contribution in [1.82, 2.24) is 15.5 Å². The zero-order valence-electron chi connectivity index (χ0n) is 14.2. The first-order valence-electron chi connectivity index (χ1n) is 8.11. The van der Waals surface area contributed by atoms with Crippen LogP contribution in [-0.4, -0.2) is 28.2 Å². The molecule has 0 saturated heterocycles. The van der Waals surface area contributed by atoms with Crippen LogP contribution in [0.25, 0.3) is 0 Å². The van der Waals surface area contributed by atoms with Gasteiger partial charge in [0.15, 0.2) is 11.8 Å². The van der Waals surface area contributed by atoms with Crippen molar-refractivity contribution in [2.24, 2.45) is 0 Å². The van der Waals surface area contributed by atoms with Crippen LogP contribution in [0, 0.1) is 0 Å². The summed E-state index contributed by atoms with van der Waals surface area (Å²) in [5, 5.41) is 9.55. The van der Waals surface area contributed by atoms with Gasteiger partial charge in [0.05, 0.1) is 6.04 Å². The summed E-state index contributed by atoms with van der Waals surface area (Å²) in [6, 6.07) is 11.1. The second kappa shape index (κ2) is 8.29. The Morgan fingerprint density at radius 3 is 2.62 bits per heavy atom. The summed E-state index contributed by atoms with van der Waals surface area (Å²) >= 11 is 0. The lowest BCUT2D eigenvalue weighted by atomic mass is 10.1. The molecule has 0 spiro atoms. The molecule has 0 fully saturated rings. The van der Waals surface area contributed by atoms with Gasteiger partial charge in [-0.3, -0.25) is 9.89 Å². The van der Waals surface area contributed by atoms with Crippen molar-refractivity contribution in [3.63, 3.8) is 0 Å². The monoisotopic (exact) mass is 329 g/mol. The van der Waals surface area contributed by atoms with Gasteiger partial charge >= 0.3 is 5.97 Å². The van der Waals surface area contributed by atoms with Crippen molar-refractivity contribution in [2.45, 2.75) is 45.8 Å². The molecule has 2 atom stereocenters. The molecule has 2 rings (SSSR count). The highest BCUT2D eigenvalue weighted by atomic mass is 16.5. The Hall–Kier alpha value is -2.63. The smallest absolute Gasteiger partial charge is 0.359 e. The van der Waals surface area contributed by atoms with Gasteiger partial charge in [0.25, 0.3) is 5.91 Å². The number of aryl methyl sites for hydroxylation is 1. The van der Waals surface area contributed by atoms with Gasteiger partial charge in [-0.25, -0.2) is 4.79 Å². The number of carbonyl (C=O) groups is 2. The van der Waals surface area contributed by atoms with Gasteiger partial charge in [-0.15, -0.1) is 0 Å². The van der Waals surface area contributed by atoms with Gasteiger partial charge in [-0.1, -0.05) is 43.7 Å². The molecule has 6 heteroatoms. The third kappa shape index (κ3) is 4.68. The Bertz CT molecular complexity index is 682. The number of aromatic nitrogens is 2. The molecule has 24 heavy (non-hydrogen) atoms. The van der Waals surface area contributed by atoms with Crippen LogP contribution in [-0.2, 0) is 16.0 Å². The van der Waals surface area contributed by atoms with Crippen LogP contribution >= 0.6 is 0 Å². The second-order valence-electron chi connectivity index (χ2n) is 5.72. The Labute approximate surface area is 141 Å². The standard InChI is InChI=1S/C18H23N3O3/c1-4-8-15-11-16(21-20-15)18(23)24-13(3)17(22)19-12(2)14-9-6-5-7-10-14/h5-7,9-13H,4,8H2,1-3H3,(H,19,22)(H,20,21). The minimum Gasteiger partial charge on any atom is -0.448 e. The van der Waals surface area contributed by atoms with Crippen molar-refractivity contribution in [1.29, 1.82) is 0 Å². The molecule has 0 aliphatic carbocycles. The molecule has 6 nitrogen and oxygen atoms in total. The van der Waals surface area contributed by atoms with Gasteiger partial charge in [0.2, 0.25) is 0 Å². The van der Waals surface area contributed by atoms with E-state index in [4.69, 9.17) is 4.74 Å². The highest BCUT2D eigenvalue weighted by Crippen LogP contribution is 2.12. The second-order valence-corrected chi connectivity index (χ2v) is 5.72. The summed E-state index contributed by atoms with van der Waals surface area (Å²) in [5.41, 5.74) is 2.05. The van der Waals surface area contributed by atoms with E-state index in [1.807, 2.05) is 44.2 Å². The van der Waals surface area contributed by atoms with E-state index < -0.39 is 12.1 Å². The summed E-state index contributed by atoms with van der Waals surface area (Å²) in [4.78, 5) is 24.2. The normalized spacial score (nSPS) is 13.1. The average Bonchev–Trinajstić information content (AvgIpc) is 3.04. The molecule has 1 aromatic heterocycles. The lowest BCUT2D eigenvalue weighted by molar-refractivity contribution is -0.129. The topological polar surface area (TPSA) is 84.1 Å². The molecule has 1 amide bonds. The number of hydrogen-bond acceptors (Lipinski definition) is 4. The predicted octanol–water partition coefficient (Wildman–Crippen LogP) is 2.78. The third-order valence-corrected chi connectivity index (χ3v) is 3.67. The fourth-order valence-electron chi connectivity index (χ4n) is 2.29. The van der Waals surface area contributed by atoms with E-state index in [2.05, 4.69) is 15.5 Å². The molecule has 128 valence electrons. The molecule has 2 unspecified atom stereocenters. The molecular formula is C18H23N3O3. The van der Waals surface area contributed by atoms with Crippen LogP contribution in [0.4, 0.5) is 0 Å². The lowest BCUT2D eigenvalue weighted by Gasteiger charge is -2.18. The molecule has 0 radical (unpaired) electrons. The Morgan fingerprint density at radius 2 is 1.96 bits per heavy atom. The minimum atomic E-state index is -0.894. The molecule has 1 heterocycles. The number of ether oxygens (including phenoxy) is 1. The fourth-order valence-corrected chi connectivity index (χ4v) is 2.29. The van der Waals surface area contributed by atoms with Crippen molar-refractivity contribution < 1.29 is 14.3 Å². The Kier molecular flexibility index (Phi) is 6.12. The SMILES string of the molecule is CCCc1cc(C(=O)OC(C)C(=O)NC(C)c2ccccc2)n[nH]1. The first kappa shape index (κ1) is 17.7. The van der Waals surface area contributed by atoms with E-state index in [9.17, 15) is 9.59 Å². The van der Waals surface area contributed by atoms with Crippen LogP contribution in [0.15, 0.2) is 36.4 Å². The number of hydrogen-bond donors (Lipinski definition) is 2. The molecule has 0 saturated carbocycles. The quantitative estimate of drug-likeness (QED) is 0.765. The molecule has 0 bridgehead atoms. The first-order valence-corrected chi connectivity index (χ1v) is 8.11. The van der Waals surface area contributed by atoms with E-state index in [0.717, 1.165) is 24.1 Å². The number of aromatic amines is 1. The van der Waals surface area contributed by atoms with Crippen molar-refractivity contribution in [2.75, 3.05) is 0 Å². The summed E-state index contributed by atoms with van der Waals surface area (Å²) in [5.74, 6) is -0.951. The molecular weight excluding hydrogens is 306 g/mol. The molecule has 2 N–H and O–H groups in total. The van der Waals surface area contributed by atoms with E-state index in [-0.39, 0.29) is 17.6 Å². The number of carbonyl (C=O) groups excluding carboxylic acids is 2. The van der Waals surface area contributed by atoms with Crippen molar-refractivity contribution >= 4 is 11.9 Å². The molecule has 2 aromatic rings. The van der Waals surface area contributed by atoms with Gasteiger partial charge in [0, 0.05) is 5.69 Å². The predicted molar refractivity (Wildman–Crippen MR) is 90.5 cm³/mol. The van der Waals surface area contributed by atoms with Gasteiger partial charge in [-0.05, 0) is 31.9 Å². The summed E-state index contributed by atoms with van der Waals surface area (Å²) in [7, 11) is 0. The minimum absolute atomic E-state index is 0.165. The first-order chi connectivity index (χ1) is 11.5. The number of amides is 1. The van der Waals surface area contributed by atoms with Crippen LogP contribution in [0.1, 0.15) is 55.0 Å². The maximum atomic E-state index is 12.2. The zero-order valence-corrected chi connectivity index (χ0v) is 14.2. The average molecular weight is 329 g/mol. The largest absolute Gasteiger partial charge is 0.448 e. The van der Waals surface area contributed by atoms with Crippen LogP contribution < -0.4 is 5.32 Å². The van der Waals surface area contributed by atoms with Gasteiger partial charge < -0.3 is 10.1 Å². The van der Waals surface area contributed by atoms with E-state index in [1.54, 1.807) is 13.0 Å². The zero-order chi connectivity index (χ0) is 17.5. The summed E-state index contributed by atoms with van der Waals surface area (Å²) in [6.45, 7) is 5.47. The Morgan fingerprint density at radius 1 is 1.25 bits per heavy atom. The molecule has 1 aromatic carbocycles. The molecule has 0 aliphatic rings. The number of H-pyrrole nitrogens is 1. The van der Waals surface area contributed by atoms with Crippen LogP contribution in [0.2, 0.25) is 0 Å². The Balaban J connectivity index is 1.89. The van der Waals surface area contributed by atoms with Crippen LogP contribution in [0.3, 0.4) is 0 Å². The van der Waals surface area contributed by atoms with E-state index in [1.165, 1.54) is 0 Å². The van der Waals surface area contributed by atoms with Gasteiger partial charge in [0.1, 0.15) is 0 Å². The summed E-state index contributed by atoms with van der Waals surface area (Å²) < 4.78 is 5.19. The number of rotatable bonds is 7. The number of nitrogens with zero attached hydrogens (tertiary/aromatic N) is 1. The van der Waals surface area contributed by atoms with E-state index >= 15 is 0 Å². The maximum absolute atomic E-state index is 12.2. The van der Waals surface area contributed by atoms with E-state index in [0.29, 0.717) is 0 Å². The fraction of sp³-hybridized carbons (Fsp3) is 0.389. The number of esters is 1. The highest BCUT2D eigenvalue weighted by molar-refractivity contribution is 5.90. The van der Waals surface area contributed by atoms with Crippen molar-refractivity contribution in [3.8, 4) is 0 Å². The van der Waals surface area contributed by atoms with Crippen molar-refractivity contribution in [3.05, 3.63) is 53.3 Å². The third-order valence-electron chi connectivity index (χ3n) is 3.67. The summed E-state index contributed by atoms with van der Waals surface area (Å²) in [6.07, 6.45) is 0.868. The maximum Gasteiger partial charge on any atom is 0.359 e. The number of nitrogens with one attached hydrogen (secondary N) is 2. The highest BCUT2D eigenvalue weighted by Gasteiger charge is 2.22. The molecule has 0 aliphatic heterocycles. The van der Waals surface area contributed by atoms with Gasteiger partial charge in [-0.2, -0.15) is 5.10 Å². The number of benzene rings is 1.